The molecule has 0 saturated carbocycles. The zero-order chi connectivity index (χ0) is 21.6. The maximum atomic E-state index is 10.7. The lowest BCUT2D eigenvalue weighted by Gasteiger charge is -2.13. The predicted molar refractivity (Wildman–Crippen MR) is 119 cm³/mol. The van der Waals surface area contributed by atoms with E-state index >= 15 is 0 Å². The van der Waals surface area contributed by atoms with Gasteiger partial charge in [0.05, 0.1) is 12.3 Å². The Morgan fingerprint density at radius 1 is 0.903 bits per heavy atom. The van der Waals surface area contributed by atoms with Crippen molar-refractivity contribution in [3.05, 3.63) is 84.1 Å². The van der Waals surface area contributed by atoms with E-state index in [1.807, 2.05) is 68.4 Å². The molecule has 158 valence electrons. The molecule has 3 aromatic carbocycles. The molecule has 0 bridgehead atoms. The number of rotatable bonds is 8. The molecule has 4 aromatic rings. The minimum atomic E-state index is 0.0556. The van der Waals surface area contributed by atoms with Gasteiger partial charge in [0.1, 0.15) is 23.8 Å². The Labute approximate surface area is 181 Å². The van der Waals surface area contributed by atoms with E-state index in [1.54, 1.807) is 18.2 Å². The number of phenolic OH excluding ortho intramolecular Hbond substituents is 1. The van der Waals surface area contributed by atoms with Crippen LogP contribution in [0.25, 0.3) is 11.3 Å². The summed E-state index contributed by atoms with van der Waals surface area (Å²) in [7, 11) is 0. The average Bonchev–Trinajstić information content (AvgIpc) is 3.14. The summed E-state index contributed by atoms with van der Waals surface area (Å²) in [6.07, 6.45) is 0. The third-order valence-electron chi connectivity index (χ3n) is 4.72. The zero-order valence-corrected chi connectivity index (χ0v) is 17.5. The quantitative estimate of drug-likeness (QED) is 0.376. The van der Waals surface area contributed by atoms with Crippen molar-refractivity contribution in [2.45, 2.75) is 20.5 Å². The SMILES string of the molecule is CCOc1ccccc1Oc1c(-c2ccc(OCc3ccccc3)cc2O)n[nH]c1C. The van der Waals surface area contributed by atoms with Crippen molar-refractivity contribution in [2.24, 2.45) is 0 Å². The Bertz CT molecular complexity index is 1160. The lowest BCUT2D eigenvalue weighted by molar-refractivity contribution is 0.304. The van der Waals surface area contributed by atoms with E-state index in [0.29, 0.717) is 47.5 Å². The standard InChI is InChI=1S/C25H24N2O4/c1-3-29-22-11-7-8-12-23(22)31-25-17(2)26-27-24(25)20-14-13-19(15-21(20)28)30-16-18-9-5-4-6-10-18/h4-15,28H,3,16H2,1-2H3,(H,26,27). The number of hydrogen-bond donors (Lipinski definition) is 2. The highest BCUT2D eigenvalue weighted by atomic mass is 16.5. The molecule has 0 aliphatic carbocycles. The minimum Gasteiger partial charge on any atom is -0.507 e. The molecule has 0 amide bonds. The highest BCUT2D eigenvalue weighted by molar-refractivity contribution is 5.74. The molecule has 0 spiro atoms. The second kappa shape index (κ2) is 9.26. The summed E-state index contributed by atoms with van der Waals surface area (Å²) in [5.74, 6) is 2.38. The predicted octanol–water partition coefficient (Wildman–Crippen LogP) is 5.86. The average molecular weight is 416 g/mol. The smallest absolute Gasteiger partial charge is 0.176 e. The normalized spacial score (nSPS) is 10.6. The van der Waals surface area contributed by atoms with Gasteiger partial charge in [0.25, 0.3) is 0 Å². The number of ether oxygens (including phenoxy) is 3. The number of nitrogens with zero attached hydrogens (tertiary/aromatic N) is 1. The summed E-state index contributed by atoms with van der Waals surface area (Å²) in [6.45, 7) is 4.74. The summed E-state index contributed by atoms with van der Waals surface area (Å²) in [5, 5.41) is 18.0. The summed E-state index contributed by atoms with van der Waals surface area (Å²) < 4.78 is 17.6. The van der Waals surface area contributed by atoms with Crippen LogP contribution in [0.2, 0.25) is 0 Å². The van der Waals surface area contributed by atoms with E-state index in [4.69, 9.17) is 14.2 Å². The molecule has 0 aliphatic rings. The third kappa shape index (κ3) is 4.64. The van der Waals surface area contributed by atoms with Crippen LogP contribution in [0.1, 0.15) is 18.2 Å². The maximum absolute atomic E-state index is 10.7. The van der Waals surface area contributed by atoms with Crippen LogP contribution in [0.4, 0.5) is 0 Å². The van der Waals surface area contributed by atoms with Gasteiger partial charge in [-0.3, -0.25) is 5.10 Å². The number of para-hydroxylation sites is 2. The van der Waals surface area contributed by atoms with Crippen molar-refractivity contribution in [3.63, 3.8) is 0 Å². The number of H-pyrrole nitrogens is 1. The number of hydrogen-bond acceptors (Lipinski definition) is 5. The molecule has 31 heavy (non-hydrogen) atoms. The van der Waals surface area contributed by atoms with Crippen LogP contribution in [-0.2, 0) is 6.61 Å². The molecular formula is C25H24N2O4. The lowest BCUT2D eigenvalue weighted by atomic mass is 10.1. The van der Waals surface area contributed by atoms with Crippen LogP contribution in [0.15, 0.2) is 72.8 Å². The van der Waals surface area contributed by atoms with Crippen molar-refractivity contribution in [1.82, 2.24) is 10.2 Å². The first-order valence-electron chi connectivity index (χ1n) is 10.1. The number of aromatic amines is 1. The molecule has 0 radical (unpaired) electrons. The van der Waals surface area contributed by atoms with Gasteiger partial charge in [0.15, 0.2) is 17.2 Å². The fraction of sp³-hybridized carbons (Fsp3) is 0.160. The minimum absolute atomic E-state index is 0.0556. The van der Waals surface area contributed by atoms with Gasteiger partial charge < -0.3 is 19.3 Å². The molecule has 6 heteroatoms. The van der Waals surface area contributed by atoms with Crippen LogP contribution in [-0.4, -0.2) is 21.9 Å². The number of nitrogens with one attached hydrogen (secondary N) is 1. The van der Waals surface area contributed by atoms with E-state index in [-0.39, 0.29) is 5.75 Å². The number of phenols is 1. The number of aromatic nitrogens is 2. The van der Waals surface area contributed by atoms with E-state index in [1.165, 1.54) is 0 Å². The Hall–Kier alpha value is -3.93. The Balaban J connectivity index is 1.58. The summed E-state index contributed by atoms with van der Waals surface area (Å²) >= 11 is 0. The van der Waals surface area contributed by atoms with Crippen LogP contribution in [0.3, 0.4) is 0 Å². The first-order valence-corrected chi connectivity index (χ1v) is 10.1. The molecule has 4 rings (SSSR count). The van der Waals surface area contributed by atoms with E-state index in [9.17, 15) is 5.11 Å². The maximum Gasteiger partial charge on any atom is 0.176 e. The van der Waals surface area contributed by atoms with E-state index < -0.39 is 0 Å². The molecular weight excluding hydrogens is 392 g/mol. The van der Waals surface area contributed by atoms with Gasteiger partial charge in [-0.05, 0) is 43.7 Å². The van der Waals surface area contributed by atoms with Crippen LogP contribution >= 0.6 is 0 Å². The van der Waals surface area contributed by atoms with Gasteiger partial charge in [-0.2, -0.15) is 5.10 Å². The molecule has 0 aliphatic heterocycles. The van der Waals surface area contributed by atoms with Gasteiger partial charge in [-0.15, -0.1) is 0 Å². The Kier molecular flexibility index (Phi) is 6.08. The zero-order valence-electron chi connectivity index (χ0n) is 17.5. The first kappa shape index (κ1) is 20.3. The van der Waals surface area contributed by atoms with Crippen LogP contribution in [0.5, 0.6) is 28.7 Å². The number of aryl methyl sites for hydroxylation is 1. The van der Waals surface area contributed by atoms with Crippen molar-refractivity contribution in [2.75, 3.05) is 6.61 Å². The van der Waals surface area contributed by atoms with E-state index in [2.05, 4.69) is 10.2 Å². The van der Waals surface area contributed by atoms with Crippen LogP contribution in [0, 0.1) is 6.92 Å². The van der Waals surface area contributed by atoms with Crippen molar-refractivity contribution in [1.29, 1.82) is 0 Å². The summed E-state index contributed by atoms with van der Waals surface area (Å²) in [4.78, 5) is 0. The summed E-state index contributed by atoms with van der Waals surface area (Å²) in [6, 6.07) is 22.5. The molecule has 2 N–H and O–H groups in total. The summed E-state index contributed by atoms with van der Waals surface area (Å²) in [5.41, 5.74) is 2.85. The second-order valence-electron chi connectivity index (χ2n) is 6.96. The fourth-order valence-corrected chi connectivity index (χ4v) is 3.19. The van der Waals surface area contributed by atoms with E-state index in [0.717, 1.165) is 11.3 Å². The highest BCUT2D eigenvalue weighted by Gasteiger charge is 2.19. The molecule has 1 heterocycles. The van der Waals surface area contributed by atoms with Gasteiger partial charge in [0.2, 0.25) is 0 Å². The van der Waals surface area contributed by atoms with Crippen molar-refractivity contribution in [3.8, 4) is 40.0 Å². The van der Waals surface area contributed by atoms with Crippen molar-refractivity contribution < 1.29 is 19.3 Å². The third-order valence-corrected chi connectivity index (χ3v) is 4.72. The van der Waals surface area contributed by atoms with Gasteiger partial charge in [-0.25, -0.2) is 0 Å². The van der Waals surface area contributed by atoms with Crippen LogP contribution < -0.4 is 14.2 Å². The van der Waals surface area contributed by atoms with Gasteiger partial charge in [0, 0.05) is 11.6 Å². The molecule has 0 atom stereocenters. The fourth-order valence-electron chi connectivity index (χ4n) is 3.19. The molecule has 6 nitrogen and oxygen atoms in total. The Morgan fingerprint density at radius 3 is 2.39 bits per heavy atom. The molecule has 1 aromatic heterocycles. The molecule has 0 unspecified atom stereocenters. The number of benzene rings is 3. The second-order valence-corrected chi connectivity index (χ2v) is 6.96. The molecule has 0 fully saturated rings. The molecule has 0 saturated heterocycles. The largest absolute Gasteiger partial charge is 0.507 e. The van der Waals surface area contributed by atoms with Crippen molar-refractivity contribution >= 4 is 0 Å². The Morgan fingerprint density at radius 2 is 1.65 bits per heavy atom. The number of aromatic hydroxyl groups is 1. The highest BCUT2D eigenvalue weighted by Crippen LogP contribution is 2.41. The lowest BCUT2D eigenvalue weighted by Crippen LogP contribution is -1.96. The van der Waals surface area contributed by atoms with Gasteiger partial charge >= 0.3 is 0 Å². The van der Waals surface area contributed by atoms with Gasteiger partial charge in [-0.1, -0.05) is 42.5 Å². The monoisotopic (exact) mass is 416 g/mol. The topological polar surface area (TPSA) is 76.6 Å². The first-order chi connectivity index (χ1) is 15.2.